The molecule has 0 radical (unpaired) electrons. The number of aromatic nitrogens is 3. The summed E-state index contributed by atoms with van der Waals surface area (Å²) < 4.78 is 1.96. The van der Waals surface area contributed by atoms with E-state index in [1.807, 2.05) is 10.9 Å². The van der Waals surface area contributed by atoms with Gasteiger partial charge in [0.05, 0.1) is 23.5 Å². The lowest BCUT2D eigenvalue weighted by Crippen LogP contribution is -2.46. The average Bonchev–Trinajstić information content (AvgIpc) is 3.38. The van der Waals surface area contributed by atoms with Crippen molar-refractivity contribution in [1.29, 1.82) is 0 Å². The molecule has 6 heteroatoms. The first-order valence-corrected chi connectivity index (χ1v) is 11.6. The summed E-state index contributed by atoms with van der Waals surface area (Å²) in [6.07, 6.45) is 7.73. The lowest BCUT2D eigenvalue weighted by atomic mass is 9.88. The van der Waals surface area contributed by atoms with Gasteiger partial charge in [-0.3, -0.25) is 14.5 Å². The third-order valence-electron chi connectivity index (χ3n) is 7.14. The first-order valence-electron chi connectivity index (χ1n) is 11.6. The molecule has 2 aromatic heterocycles. The smallest absolute Gasteiger partial charge is 0.270 e. The van der Waals surface area contributed by atoms with Crippen LogP contribution in [-0.4, -0.2) is 31.7 Å². The number of aryl methyl sites for hydroxylation is 2. The van der Waals surface area contributed by atoms with E-state index in [-0.39, 0.29) is 17.0 Å². The highest BCUT2D eigenvalue weighted by atomic mass is 16.2. The van der Waals surface area contributed by atoms with Gasteiger partial charge in [0.25, 0.3) is 5.91 Å². The van der Waals surface area contributed by atoms with Crippen LogP contribution in [0.25, 0.3) is 22.5 Å². The van der Waals surface area contributed by atoms with Crippen LogP contribution < -0.4 is 11.1 Å². The van der Waals surface area contributed by atoms with Crippen molar-refractivity contribution in [2.75, 3.05) is 0 Å². The first-order chi connectivity index (χ1) is 15.3. The van der Waals surface area contributed by atoms with Gasteiger partial charge >= 0.3 is 0 Å². The Bertz CT molecular complexity index is 1230. The molecule has 1 amide bonds. The standard InChI is InChI=1S/C26H29N5O/c1-25(2,27)10-9-16-3-5-17(6-4-16)21-13-20-18(14-28-21)7-8-19-22(20)30-31-15-26(11-12-26)29-24(32)23(19)31/h3-6,13-14H,7-12,15,27H2,1-2H3,(H,29,32). The summed E-state index contributed by atoms with van der Waals surface area (Å²) in [5.74, 6) is 0.0384. The van der Waals surface area contributed by atoms with Gasteiger partial charge in [-0.2, -0.15) is 5.10 Å². The minimum absolute atomic E-state index is 0.0384. The van der Waals surface area contributed by atoms with E-state index in [1.54, 1.807) is 0 Å². The van der Waals surface area contributed by atoms with Crippen LogP contribution in [0.5, 0.6) is 0 Å². The van der Waals surface area contributed by atoms with Crippen LogP contribution in [0.1, 0.15) is 60.3 Å². The minimum Gasteiger partial charge on any atom is -0.343 e. The van der Waals surface area contributed by atoms with Crippen LogP contribution in [0, 0.1) is 0 Å². The van der Waals surface area contributed by atoms with Crippen molar-refractivity contribution < 1.29 is 4.79 Å². The maximum absolute atomic E-state index is 12.8. The average molecular weight is 428 g/mol. The molecule has 0 unspecified atom stereocenters. The molecular formula is C26H29N5O. The maximum Gasteiger partial charge on any atom is 0.270 e. The molecule has 0 bridgehead atoms. The monoisotopic (exact) mass is 427 g/mol. The second-order valence-electron chi connectivity index (χ2n) is 10.5. The summed E-state index contributed by atoms with van der Waals surface area (Å²) in [4.78, 5) is 17.6. The molecular weight excluding hydrogens is 398 g/mol. The molecule has 0 saturated heterocycles. The molecule has 164 valence electrons. The van der Waals surface area contributed by atoms with E-state index in [4.69, 9.17) is 15.8 Å². The molecule has 1 aromatic carbocycles. The molecule has 3 N–H and O–H groups in total. The van der Waals surface area contributed by atoms with Gasteiger partial charge in [-0.1, -0.05) is 24.3 Å². The largest absolute Gasteiger partial charge is 0.343 e. The van der Waals surface area contributed by atoms with Crippen molar-refractivity contribution in [3.63, 3.8) is 0 Å². The zero-order valence-electron chi connectivity index (χ0n) is 18.7. The van der Waals surface area contributed by atoms with Crippen LogP contribution in [0.4, 0.5) is 0 Å². The molecule has 2 aliphatic carbocycles. The Morgan fingerprint density at radius 1 is 1.19 bits per heavy atom. The highest BCUT2D eigenvalue weighted by molar-refractivity contribution is 5.98. The highest BCUT2D eigenvalue weighted by Gasteiger charge is 2.49. The number of nitrogens with zero attached hydrogens (tertiary/aromatic N) is 3. The maximum atomic E-state index is 12.8. The van der Waals surface area contributed by atoms with Gasteiger partial charge in [-0.25, -0.2) is 0 Å². The number of carbonyl (C=O) groups excluding carboxylic acids is 1. The van der Waals surface area contributed by atoms with Crippen LogP contribution in [0.3, 0.4) is 0 Å². The quantitative estimate of drug-likeness (QED) is 0.665. The fourth-order valence-corrected chi connectivity index (χ4v) is 5.01. The molecule has 1 fully saturated rings. The van der Waals surface area contributed by atoms with Crippen molar-refractivity contribution >= 4 is 5.91 Å². The summed E-state index contributed by atoms with van der Waals surface area (Å²) in [5.41, 5.74) is 14.4. The van der Waals surface area contributed by atoms with Crippen molar-refractivity contribution in [1.82, 2.24) is 20.1 Å². The lowest BCUT2D eigenvalue weighted by molar-refractivity contribution is 0.0885. The number of hydrogen-bond donors (Lipinski definition) is 2. The number of rotatable bonds is 4. The Hall–Kier alpha value is -2.99. The number of amides is 1. The summed E-state index contributed by atoms with van der Waals surface area (Å²) >= 11 is 0. The zero-order valence-corrected chi connectivity index (χ0v) is 18.7. The van der Waals surface area contributed by atoms with Gasteiger partial charge in [0, 0.05) is 28.4 Å². The number of pyridine rings is 1. The molecule has 6 nitrogen and oxygen atoms in total. The molecule has 1 saturated carbocycles. The number of benzene rings is 1. The van der Waals surface area contributed by atoms with E-state index in [0.29, 0.717) is 0 Å². The zero-order chi connectivity index (χ0) is 22.1. The van der Waals surface area contributed by atoms with E-state index in [0.717, 1.165) is 78.8 Å². The van der Waals surface area contributed by atoms with Crippen LogP contribution in [0.2, 0.25) is 0 Å². The van der Waals surface area contributed by atoms with Crippen LogP contribution in [0.15, 0.2) is 36.5 Å². The van der Waals surface area contributed by atoms with Crippen molar-refractivity contribution in [3.05, 3.63) is 58.9 Å². The molecule has 6 rings (SSSR count). The fourth-order valence-electron chi connectivity index (χ4n) is 5.01. The lowest BCUT2D eigenvalue weighted by Gasteiger charge is -2.24. The van der Waals surface area contributed by atoms with E-state index in [2.05, 4.69) is 49.5 Å². The Morgan fingerprint density at radius 3 is 2.69 bits per heavy atom. The molecule has 1 spiro atoms. The minimum atomic E-state index is -0.157. The van der Waals surface area contributed by atoms with Crippen molar-refractivity contribution in [2.24, 2.45) is 5.73 Å². The molecule has 32 heavy (non-hydrogen) atoms. The normalized spacial score (nSPS) is 18.0. The number of nitrogens with one attached hydrogen (secondary N) is 1. The number of hydrogen-bond acceptors (Lipinski definition) is 4. The molecule has 3 aromatic rings. The fraction of sp³-hybridized carbons (Fsp3) is 0.423. The first kappa shape index (κ1) is 19.7. The van der Waals surface area contributed by atoms with E-state index in [9.17, 15) is 4.79 Å². The molecule has 3 aliphatic rings. The second kappa shape index (κ2) is 6.75. The summed E-state index contributed by atoms with van der Waals surface area (Å²) in [7, 11) is 0. The summed E-state index contributed by atoms with van der Waals surface area (Å²) in [5, 5.41) is 8.16. The number of fused-ring (bicyclic) bond motifs is 5. The Morgan fingerprint density at radius 2 is 1.97 bits per heavy atom. The number of nitrogens with two attached hydrogens (primary N) is 1. The van der Waals surface area contributed by atoms with Gasteiger partial charge in [0.15, 0.2) is 0 Å². The third kappa shape index (κ3) is 3.34. The van der Waals surface area contributed by atoms with E-state index >= 15 is 0 Å². The van der Waals surface area contributed by atoms with Gasteiger partial charge in [0.2, 0.25) is 0 Å². The van der Waals surface area contributed by atoms with Crippen LogP contribution in [-0.2, 0) is 25.8 Å². The Labute approximate surface area is 188 Å². The Balaban J connectivity index is 1.33. The van der Waals surface area contributed by atoms with Crippen molar-refractivity contribution in [2.45, 2.75) is 70.0 Å². The third-order valence-corrected chi connectivity index (χ3v) is 7.14. The second-order valence-corrected chi connectivity index (χ2v) is 10.5. The molecule has 0 atom stereocenters. The predicted octanol–water partition coefficient (Wildman–Crippen LogP) is 3.66. The van der Waals surface area contributed by atoms with E-state index < -0.39 is 0 Å². The SMILES string of the molecule is CC(C)(N)CCc1ccc(-c2cc3c(cn2)CCc2c-3nn3c2C(=O)NC2(CC2)C3)cc1. The highest BCUT2D eigenvalue weighted by Crippen LogP contribution is 2.43. The van der Waals surface area contributed by atoms with E-state index in [1.165, 1.54) is 11.1 Å². The van der Waals surface area contributed by atoms with Gasteiger partial charge < -0.3 is 11.1 Å². The Kier molecular flexibility index (Phi) is 4.15. The molecule has 3 heterocycles. The predicted molar refractivity (Wildman–Crippen MR) is 124 cm³/mol. The number of carbonyl (C=O) groups is 1. The van der Waals surface area contributed by atoms with Crippen molar-refractivity contribution in [3.8, 4) is 22.5 Å². The van der Waals surface area contributed by atoms with Gasteiger partial charge in [-0.05, 0) is 69.6 Å². The summed E-state index contributed by atoms with van der Waals surface area (Å²) in [6, 6.07) is 10.8. The van der Waals surface area contributed by atoms with Crippen LogP contribution >= 0.6 is 0 Å². The summed E-state index contributed by atoms with van der Waals surface area (Å²) in [6.45, 7) is 4.92. The topological polar surface area (TPSA) is 85.8 Å². The van der Waals surface area contributed by atoms with Gasteiger partial charge in [-0.15, -0.1) is 0 Å². The van der Waals surface area contributed by atoms with Gasteiger partial charge in [0.1, 0.15) is 5.69 Å². The molecule has 1 aliphatic heterocycles.